The first-order valence-corrected chi connectivity index (χ1v) is 7.76. The van der Waals surface area contributed by atoms with Crippen molar-refractivity contribution >= 4 is 11.6 Å². The fraction of sp³-hybridized carbons (Fsp3) is 0.412. The van der Waals surface area contributed by atoms with E-state index in [2.05, 4.69) is 10.3 Å². The normalized spacial score (nSPS) is 20.7. The van der Waals surface area contributed by atoms with Crippen LogP contribution in [-0.2, 0) is 9.53 Å². The highest BCUT2D eigenvalue weighted by Crippen LogP contribution is 2.27. The summed E-state index contributed by atoms with van der Waals surface area (Å²) in [4.78, 5) is 16.6. The number of anilines is 1. The molecule has 0 unspecified atom stereocenters. The number of carbonyl (C=O) groups is 1. The van der Waals surface area contributed by atoms with Gasteiger partial charge >= 0.3 is 0 Å². The van der Waals surface area contributed by atoms with Crippen LogP contribution < -0.4 is 11.1 Å². The Morgan fingerprint density at radius 1 is 1.39 bits per heavy atom. The molecule has 1 aromatic heterocycles. The van der Waals surface area contributed by atoms with E-state index >= 15 is 0 Å². The van der Waals surface area contributed by atoms with E-state index in [-0.39, 0.29) is 12.0 Å². The fourth-order valence-electron chi connectivity index (χ4n) is 2.70. The summed E-state index contributed by atoms with van der Waals surface area (Å²) in [7, 11) is 0. The van der Waals surface area contributed by atoms with E-state index in [1.807, 2.05) is 32.0 Å². The van der Waals surface area contributed by atoms with Crippen LogP contribution in [0, 0.1) is 13.8 Å². The van der Waals surface area contributed by atoms with Crippen LogP contribution >= 0.6 is 0 Å². The van der Waals surface area contributed by atoms with Crippen LogP contribution in [0.1, 0.15) is 24.1 Å². The molecule has 1 fully saturated rings. The Kier molecular flexibility index (Phi) is 4.45. The molecule has 0 bridgehead atoms. The van der Waals surface area contributed by atoms with Gasteiger partial charge in [-0.15, -0.1) is 0 Å². The average molecular weight is 315 g/mol. The van der Waals surface area contributed by atoms with Crippen molar-refractivity contribution in [3.05, 3.63) is 35.7 Å². The first-order valence-electron chi connectivity index (χ1n) is 7.76. The predicted octanol–water partition coefficient (Wildman–Crippen LogP) is 2.40. The molecule has 1 aromatic carbocycles. The second-order valence-electron chi connectivity index (χ2n) is 5.87. The molecule has 0 spiro atoms. The topological polar surface area (TPSA) is 90.4 Å². The van der Waals surface area contributed by atoms with E-state index in [9.17, 15) is 4.79 Å². The van der Waals surface area contributed by atoms with Crippen LogP contribution in [-0.4, -0.2) is 29.6 Å². The molecule has 1 amide bonds. The van der Waals surface area contributed by atoms with Crippen molar-refractivity contribution in [2.24, 2.45) is 5.73 Å². The number of aryl methyl sites for hydroxylation is 2. The first-order chi connectivity index (χ1) is 11.1. The SMILES string of the molecule is Cc1coc(-c2cc(NC(=O)[C@@H]3CC[C@H](CN)O3)ccc2C)n1. The molecule has 122 valence electrons. The van der Waals surface area contributed by atoms with Gasteiger partial charge in [0.05, 0.1) is 11.8 Å². The number of nitrogens with zero attached hydrogens (tertiary/aromatic N) is 1. The zero-order valence-electron chi connectivity index (χ0n) is 13.3. The molecule has 6 nitrogen and oxygen atoms in total. The molecule has 23 heavy (non-hydrogen) atoms. The van der Waals surface area contributed by atoms with E-state index in [4.69, 9.17) is 14.9 Å². The smallest absolute Gasteiger partial charge is 0.253 e. The van der Waals surface area contributed by atoms with E-state index in [0.29, 0.717) is 24.5 Å². The van der Waals surface area contributed by atoms with Crippen molar-refractivity contribution < 1.29 is 13.9 Å². The molecule has 6 heteroatoms. The van der Waals surface area contributed by atoms with Gasteiger partial charge in [0, 0.05) is 17.8 Å². The minimum atomic E-state index is -0.433. The number of benzene rings is 1. The van der Waals surface area contributed by atoms with Crippen LogP contribution in [0.5, 0.6) is 0 Å². The van der Waals surface area contributed by atoms with Crippen molar-refractivity contribution in [1.29, 1.82) is 0 Å². The summed E-state index contributed by atoms with van der Waals surface area (Å²) in [6, 6.07) is 5.67. The zero-order valence-corrected chi connectivity index (χ0v) is 13.3. The quantitative estimate of drug-likeness (QED) is 0.904. The highest BCUT2D eigenvalue weighted by Gasteiger charge is 2.29. The van der Waals surface area contributed by atoms with Gasteiger partial charge in [-0.3, -0.25) is 4.79 Å². The number of nitrogens with two attached hydrogens (primary N) is 1. The number of hydrogen-bond donors (Lipinski definition) is 2. The third-order valence-electron chi connectivity index (χ3n) is 4.02. The molecular weight excluding hydrogens is 294 g/mol. The van der Waals surface area contributed by atoms with Gasteiger partial charge in [0.15, 0.2) is 0 Å². The van der Waals surface area contributed by atoms with Gasteiger partial charge in [-0.2, -0.15) is 0 Å². The van der Waals surface area contributed by atoms with Gasteiger partial charge in [0.25, 0.3) is 5.91 Å². The number of aromatic nitrogens is 1. The monoisotopic (exact) mass is 315 g/mol. The highest BCUT2D eigenvalue weighted by molar-refractivity contribution is 5.95. The molecule has 3 N–H and O–H groups in total. The Balaban J connectivity index is 1.75. The summed E-state index contributed by atoms with van der Waals surface area (Å²) < 4.78 is 11.1. The Bertz CT molecular complexity index is 711. The third kappa shape index (κ3) is 3.43. The molecule has 2 aromatic rings. The van der Waals surface area contributed by atoms with Crippen molar-refractivity contribution in [2.75, 3.05) is 11.9 Å². The zero-order chi connectivity index (χ0) is 16.4. The summed E-state index contributed by atoms with van der Waals surface area (Å²) in [5.41, 5.74) is 8.99. The molecule has 0 radical (unpaired) electrons. The lowest BCUT2D eigenvalue weighted by atomic mass is 10.1. The maximum atomic E-state index is 12.3. The lowest BCUT2D eigenvalue weighted by Crippen LogP contribution is -2.29. The summed E-state index contributed by atoms with van der Waals surface area (Å²) in [6.07, 6.45) is 2.68. The van der Waals surface area contributed by atoms with Crippen LogP contribution in [0.2, 0.25) is 0 Å². The van der Waals surface area contributed by atoms with E-state index in [1.54, 1.807) is 6.26 Å². The van der Waals surface area contributed by atoms with Gasteiger partial charge in [-0.25, -0.2) is 4.98 Å². The Labute approximate surface area is 135 Å². The van der Waals surface area contributed by atoms with Crippen molar-refractivity contribution in [2.45, 2.75) is 38.9 Å². The van der Waals surface area contributed by atoms with E-state index in [0.717, 1.165) is 23.2 Å². The van der Waals surface area contributed by atoms with Crippen molar-refractivity contribution in [3.63, 3.8) is 0 Å². The number of ether oxygens (including phenoxy) is 1. The van der Waals surface area contributed by atoms with Gasteiger partial charge in [-0.1, -0.05) is 6.07 Å². The lowest BCUT2D eigenvalue weighted by Gasteiger charge is -2.13. The molecule has 1 aliphatic heterocycles. The van der Waals surface area contributed by atoms with E-state index in [1.165, 1.54) is 0 Å². The Morgan fingerprint density at radius 2 is 2.22 bits per heavy atom. The average Bonchev–Trinajstić information content (AvgIpc) is 3.18. The number of oxazole rings is 1. The number of rotatable bonds is 4. The van der Waals surface area contributed by atoms with Gasteiger partial charge in [-0.05, 0) is 44.4 Å². The maximum Gasteiger partial charge on any atom is 0.253 e. The minimum Gasteiger partial charge on any atom is -0.444 e. The van der Waals surface area contributed by atoms with E-state index < -0.39 is 6.10 Å². The third-order valence-corrected chi connectivity index (χ3v) is 4.02. The highest BCUT2D eigenvalue weighted by atomic mass is 16.5. The standard InChI is InChI=1S/C17H21N3O3/c1-10-3-4-12(7-14(10)17-19-11(2)9-22-17)20-16(21)15-6-5-13(8-18)23-15/h3-4,7,9,13,15H,5-6,8,18H2,1-2H3,(H,20,21)/t13-,15+/m1/s1. The molecule has 1 saturated heterocycles. The van der Waals surface area contributed by atoms with Crippen molar-refractivity contribution in [1.82, 2.24) is 4.98 Å². The Hall–Kier alpha value is -2.18. The van der Waals surface area contributed by atoms with Gasteiger partial charge < -0.3 is 20.2 Å². The van der Waals surface area contributed by atoms with Crippen LogP contribution in [0.25, 0.3) is 11.5 Å². The molecule has 2 heterocycles. The van der Waals surface area contributed by atoms with Crippen LogP contribution in [0.4, 0.5) is 5.69 Å². The minimum absolute atomic E-state index is 0.0189. The van der Waals surface area contributed by atoms with Crippen molar-refractivity contribution in [3.8, 4) is 11.5 Å². The molecule has 2 atom stereocenters. The molecule has 0 saturated carbocycles. The summed E-state index contributed by atoms with van der Waals surface area (Å²) in [5.74, 6) is 0.413. The summed E-state index contributed by atoms with van der Waals surface area (Å²) in [5, 5.41) is 2.90. The molecular formula is C17H21N3O3. The van der Waals surface area contributed by atoms with Gasteiger partial charge in [0.2, 0.25) is 5.89 Å². The Morgan fingerprint density at radius 3 is 2.87 bits per heavy atom. The number of carbonyl (C=O) groups excluding carboxylic acids is 1. The fourth-order valence-corrected chi connectivity index (χ4v) is 2.70. The molecule has 0 aliphatic carbocycles. The second-order valence-corrected chi connectivity index (χ2v) is 5.87. The largest absolute Gasteiger partial charge is 0.444 e. The van der Waals surface area contributed by atoms with Crippen LogP contribution in [0.15, 0.2) is 28.9 Å². The number of nitrogens with one attached hydrogen (secondary N) is 1. The molecule has 1 aliphatic rings. The molecule has 3 rings (SSSR count). The summed E-state index contributed by atoms with van der Waals surface area (Å²) >= 11 is 0. The lowest BCUT2D eigenvalue weighted by molar-refractivity contribution is -0.126. The second kappa shape index (κ2) is 6.52. The number of amides is 1. The van der Waals surface area contributed by atoms with Crippen LogP contribution in [0.3, 0.4) is 0 Å². The maximum absolute atomic E-state index is 12.3. The summed E-state index contributed by atoms with van der Waals surface area (Å²) in [6.45, 7) is 4.30. The first kappa shape index (κ1) is 15.7. The number of hydrogen-bond acceptors (Lipinski definition) is 5. The predicted molar refractivity (Wildman–Crippen MR) is 87.0 cm³/mol. The van der Waals surface area contributed by atoms with Gasteiger partial charge in [0.1, 0.15) is 12.4 Å².